The summed E-state index contributed by atoms with van der Waals surface area (Å²) in [7, 11) is 4.40. The summed E-state index contributed by atoms with van der Waals surface area (Å²) < 4.78 is 0. The van der Waals surface area contributed by atoms with Gasteiger partial charge in [-0.05, 0) is 39.9 Å². The highest BCUT2D eigenvalue weighted by Gasteiger charge is 2.26. The molecule has 0 aromatic rings. The number of rotatable bonds is 5. The lowest BCUT2D eigenvalue weighted by atomic mass is 9.89. The van der Waals surface area contributed by atoms with Crippen LogP contribution in [-0.2, 0) is 0 Å². The third kappa shape index (κ3) is 3.25. The highest BCUT2D eigenvalue weighted by atomic mass is 15.2. The number of unbranched alkanes of at least 4 members (excludes halogenated alkanes) is 1. The van der Waals surface area contributed by atoms with Crippen molar-refractivity contribution in [1.82, 2.24) is 10.2 Å². The van der Waals surface area contributed by atoms with E-state index in [1.807, 2.05) is 0 Å². The van der Waals surface area contributed by atoms with E-state index in [0.29, 0.717) is 0 Å². The Balaban J connectivity index is 2.37. The smallest absolute Gasteiger partial charge is 0.0246 e. The van der Waals surface area contributed by atoms with Gasteiger partial charge in [-0.1, -0.05) is 26.2 Å². The van der Waals surface area contributed by atoms with Crippen LogP contribution in [0.15, 0.2) is 0 Å². The van der Waals surface area contributed by atoms with E-state index in [1.54, 1.807) is 0 Å². The maximum atomic E-state index is 3.47. The third-order valence-corrected chi connectivity index (χ3v) is 3.53. The molecule has 2 heteroatoms. The van der Waals surface area contributed by atoms with Gasteiger partial charge in [-0.2, -0.15) is 0 Å². The molecule has 1 rings (SSSR count). The highest BCUT2D eigenvalue weighted by Crippen LogP contribution is 2.22. The quantitative estimate of drug-likeness (QED) is 0.729. The van der Waals surface area contributed by atoms with Crippen molar-refractivity contribution in [3.63, 3.8) is 0 Å². The van der Waals surface area contributed by atoms with Crippen LogP contribution in [0.5, 0.6) is 0 Å². The first-order valence-electron chi connectivity index (χ1n) is 6.17. The molecule has 1 fully saturated rings. The van der Waals surface area contributed by atoms with Crippen LogP contribution in [0.4, 0.5) is 0 Å². The molecule has 0 aromatic carbocycles. The third-order valence-electron chi connectivity index (χ3n) is 3.53. The van der Waals surface area contributed by atoms with Crippen molar-refractivity contribution in [2.75, 3.05) is 20.6 Å². The Hall–Kier alpha value is -0.0800. The predicted molar refractivity (Wildman–Crippen MR) is 62.6 cm³/mol. The summed E-state index contributed by atoms with van der Waals surface area (Å²) in [6.45, 7) is 3.53. The second-order valence-corrected chi connectivity index (χ2v) is 4.58. The van der Waals surface area contributed by atoms with Gasteiger partial charge in [0.15, 0.2) is 0 Å². The van der Waals surface area contributed by atoms with Gasteiger partial charge in [0.1, 0.15) is 0 Å². The minimum absolute atomic E-state index is 0.727. The summed E-state index contributed by atoms with van der Waals surface area (Å²) in [4.78, 5) is 2.56. The Morgan fingerprint density at radius 3 is 2.64 bits per heavy atom. The van der Waals surface area contributed by atoms with Crippen molar-refractivity contribution in [2.24, 2.45) is 0 Å². The molecule has 0 spiro atoms. The summed E-state index contributed by atoms with van der Waals surface area (Å²) in [6, 6.07) is 1.51. The standard InChI is InChI=1S/C12H26N2/c1-4-5-10-14(3)12-9-7-6-8-11(12)13-2/h11-13H,4-10H2,1-3H3/t11-,12-/m0/s1. The Bertz CT molecular complexity index is 147. The molecular weight excluding hydrogens is 172 g/mol. The molecule has 0 aromatic heterocycles. The van der Waals surface area contributed by atoms with Gasteiger partial charge in [0, 0.05) is 12.1 Å². The lowest BCUT2D eigenvalue weighted by Crippen LogP contribution is -2.49. The van der Waals surface area contributed by atoms with E-state index >= 15 is 0 Å². The normalized spacial score (nSPS) is 28.3. The highest BCUT2D eigenvalue weighted by molar-refractivity contribution is 4.86. The zero-order valence-electron chi connectivity index (χ0n) is 10.1. The van der Waals surface area contributed by atoms with Crippen molar-refractivity contribution in [3.8, 4) is 0 Å². The first-order chi connectivity index (χ1) is 6.79. The average Bonchev–Trinajstić information content (AvgIpc) is 2.25. The van der Waals surface area contributed by atoms with Crippen LogP contribution < -0.4 is 5.32 Å². The minimum Gasteiger partial charge on any atom is -0.315 e. The molecule has 0 heterocycles. The summed E-state index contributed by atoms with van der Waals surface area (Å²) in [6.07, 6.45) is 8.21. The van der Waals surface area contributed by atoms with Crippen molar-refractivity contribution in [2.45, 2.75) is 57.5 Å². The zero-order chi connectivity index (χ0) is 10.4. The predicted octanol–water partition coefficient (Wildman–Crippen LogP) is 2.25. The molecule has 0 radical (unpaired) electrons. The first-order valence-corrected chi connectivity index (χ1v) is 6.17. The second kappa shape index (κ2) is 6.41. The molecule has 1 N–H and O–H groups in total. The Morgan fingerprint density at radius 1 is 1.29 bits per heavy atom. The molecule has 84 valence electrons. The first kappa shape index (κ1) is 12.0. The molecule has 0 bridgehead atoms. The van der Waals surface area contributed by atoms with E-state index in [4.69, 9.17) is 0 Å². The fourth-order valence-corrected chi connectivity index (χ4v) is 2.55. The van der Waals surface area contributed by atoms with Crippen molar-refractivity contribution in [3.05, 3.63) is 0 Å². The molecule has 1 saturated carbocycles. The van der Waals surface area contributed by atoms with E-state index < -0.39 is 0 Å². The van der Waals surface area contributed by atoms with Gasteiger partial charge in [0.25, 0.3) is 0 Å². The molecule has 0 unspecified atom stereocenters. The maximum Gasteiger partial charge on any atom is 0.0246 e. The van der Waals surface area contributed by atoms with Crippen LogP contribution in [0.2, 0.25) is 0 Å². The number of hydrogen-bond acceptors (Lipinski definition) is 2. The van der Waals surface area contributed by atoms with Crippen LogP contribution in [0, 0.1) is 0 Å². The lowest BCUT2D eigenvalue weighted by molar-refractivity contribution is 0.152. The molecule has 1 aliphatic rings. The molecule has 14 heavy (non-hydrogen) atoms. The number of nitrogens with zero attached hydrogens (tertiary/aromatic N) is 1. The van der Waals surface area contributed by atoms with Gasteiger partial charge < -0.3 is 10.2 Å². The summed E-state index contributed by atoms with van der Waals surface area (Å²) in [5.74, 6) is 0. The largest absolute Gasteiger partial charge is 0.315 e. The van der Waals surface area contributed by atoms with E-state index in [9.17, 15) is 0 Å². The molecule has 1 aliphatic carbocycles. The summed E-state index contributed by atoms with van der Waals surface area (Å²) >= 11 is 0. The van der Waals surface area contributed by atoms with Crippen molar-refractivity contribution >= 4 is 0 Å². The van der Waals surface area contributed by atoms with Crippen LogP contribution in [0.25, 0.3) is 0 Å². The summed E-state index contributed by atoms with van der Waals surface area (Å²) in [5, 5.41) is 3.47. The lowest BCUT2D eigenvalue weighted by Gasteiger charge is -2.38. The van der Waals surface area contributed by atoms with Crippen LogP contribution >= 0.6 is 0 Å². The van der Waals surface area contributed by atoms with E-state index in [1.165, 1.54) is 45.1 Å². The monoisotopic (exact) mass is 198 g/mol. The van der Waals surface area contributed by atoms with Crippen LogP contribution in [0.1, 0.15) is 45.4 Å². The van der Waals surface area contributed by atoms with Crippen LogP contribution in [-0.4, -0.2) is 37.6 Å². The second-order valence-electron chi connectivity index (χ2n) is 4.58. The maximum absolute atomic E-state index is 3.47. The number of likely N-dealkylation sites (N-methyl/N-ethyl adjacent to an activating group) is 2. The van der Waals surface area contributed by atoms with Gasteiger partial charge in [0.05, 0.1) is 0 Å². The van der Waals surface area contributed by atoms with Gasteiger partial charge >= 0.3 is 0 Å². The fourth-order valence-electron chi connectivity index (χ4n) is 2.55. The molecule has 2 nitrogen and oxygen atoms in total. The van der Waals surface area contributed by atoms with Crippen molar-refractivity contribution < 1.29 is 0 Å². The Kier molecular flexibility index (Phi) is 5.49. The van der Waals surface area contributed by atoms with Gasteiger partial charge in [-0.3, -0.25) is 0 Å². The number of hydrogen-bond donors (Lipinski definition) is 1. The van der Waals surface area contributed by atoms with Gasteiger partial charge in [0.2, 0.25) is 0 Å². The van der Waals surface area contributed by atoms with Crippen LogP contribution in [0.3, 0.4) is 0 Å². The van der Waals surface area contributed by atoms with E-state index in [2.05, 4.69) is 31.2 Å². The molecule has 0 aliphatic heterocycles. The van der Waals surface area contributed by atoms with Gasteiger partial charge in [-0.15, -0.1) is 0 Å². The molecule has 2 atom stereocenters. The number of nitrogens with one attached hydrogen (secondary N) is 1. The van der Waals surface area contributed by atoms with Crippen molar-refractivity contribution in [1.29, 1.82) is 0 Å². The van der Waals surface area contributed by atoms with Gasteiger partial charge in [-0.25, -0.2) is 0 Å². The van der Waals surface area contributed by atoms with E-state index in [0.717, 1.165) is 12.1 Å². The van der Waals surface area contributed by atoms with E-state index in [-0.39, 0.29) is 0 Å². The molecule has 0 amide bonds. The average molecular weight is 198 g/mol. The Labute approximate surface area is 89.1 Å². The molecule has 0 saturated heterocycles. The summed E-state index contributed by atoms with van der Waals surface area (Å²) in [5.41, 5.74) is 0. The topological polar surface area (TPSA) is 15.3 Å². The zero-order valence-corrected chi connectivity index (χ0v) is 10.1. The minimum atomic E-state index is 0.727. The fraction of sp³-hybridized carbons (Fsp3) is 1.00. The molecular formula is C12H26N2. The Morgan fingerprint density at radius 2 is 2.00 bits per heavy atom. The SMILES string of the molecule is CCCCN(C)[C@H]1CCCC[C@@H]1NC.